The molecule has 2 heterocycles. The summed E-state index contributed by atoms with van der Waals surface area (Å²) in [5.41, 5.74) is 12.4. The lowest BCUT2D eigenvalue weighted by Crippen LogP contribution is -2.35. The predicted molar refractivity (Wildman–Crippen MR) is 102 cm³/mol. The first kappa shape index (κ1) is 18.1. The summed E-state index contributed by atoms with van der Waals surface area (Å²) in [4.78, 5) is 35.7. The Kier molecular flexibility index (Phi) is 5.11. The Morgan fingerprint density at radius 2 is 2.00 bits per heavy atom. The van der Waals surface area contributed by atoms with E-state index >= 15 is 0 Å². The summed E-state index contributed by atoms with van der Waals surface area (Å²) in [5.74, 6) is -0.803. The number of rotatable bonds is 7. The van der Waals surface area contributed by atoms with Crippen LogP contribution >= 0.6 is 0 Å². The van der Waals surface area contributed by atoms with Crippen molar-refractivity contribution in [3.05, 3.63) is 48.3 Å². The monoisotopic (exact) mass is 365 g/mol. The second kappa shape index (κ2) is 7.65. The van der Waals surface area contributed by atoms with Crippen molar-refractivity contribution in [3.8, 4) is 0 Å². The quantitative estimate of drug-likeness (QED) is 0.496. The van der Waals surface area contributed by atoms with Crippen LogP contribution in [0.15, 0.2) is 42.7 Å². The highest BCUT2D eigenvalue weighted by atomic mass is 16.1. The largest absolute Gasteiger partial charge is 0.368 e. The molecule has 0 aliphatic carbocycles. The molecule has 27 heavy (non-hydrogen) atoms. The first-order chi connectivity index (χ1) is 13.0. The third kappa shape index (κ3) is 4.09. The maximum absolute atomic E-state index is 11.7. The Balaban J connectivity index is 1.94. The van der Waals surface area contributed by atoms with Crippen LogP contribution in [0.4, 0.5) is 17.5 Å². The van der Waals surface area contributed by atoms with Gasteiger partial charge >= 0.3 is 0 Å². The van der Waals surface area contributed by atoms with Gasteiger partial charge in [-0.05, 0) is 30.7 Å². The van der Waals surface area contributed by atoms with Crippen molar-refractivity contribution >= 4 is 40.2 Å². The highest BCUT2D eigenvalue weighted by Crippen LogP contribution is 2.23. The molecule has 0 fully saturated rings. The van der Waals surface area contributed by atoms with Crippen molar-refractivity contribution in [3.63, 3.8) is 0 Å². The van der Waals surface area contributed by atoms with E-state index in [1.807, 2.05) is 37.3 Å². The lowest BCUT2D eigenvalue weighted by atomic mass is 10.2. The summed E-state index contributed by atoms with van der Waals surface area (Å²) in [6, 6.07) is 8.68. The molecule has 2 amide bonds. The van der Waals surface area contributed by atoms with E-state index in [0.717, 1.165) is 10.9 Å². The fourth-order valence-electron chi connectivity index (χ4n) is 2.55. The number of amides is 2. The number of nitrogens with zero attached hydrogens (tertiary/aromatic N) is 3. The molecule has 1 aromatic carbocycles. The Hall–Kier alpha value is -3.75. The first-order valence-electron chi connectivity index (χ1n) is 8.32. The third-order valence-corrected chi connectivity index (χ3v) is 3.97. The molecular formula is C18H19N7O2. The maximum atomic E-state index is 11.7. The summed E-state index contributed by atoms with van der Waals surface area (Å²) in [6.45, 7) is 1.81. The molecule has 1 unspecified atom stereocenters. The molecule has 2 aromatic heterocycles. The van der Waals surface area contributed by atoms with Crippen LogP contribution in [0, 0.1) is 0 Å². The van der Waals surface area contributed by atoms with Gasteiger partial charge < -0.3 is 22.1 Å². The Bertz CT molecular complexity index is 1010. The molecule has 1 atom stereocenters. The molecule has 0 spiro atoms. The number of primary amides is 2. The Morgan fingerprint density at radius 1 is 1.19 bits per heavy atom. The molecule has 3 rings (SSSR count). The van der Waals surface area contributed by atoms with Crippen molar-refractivity contribution in [2.24, 2.45) is 11.5 Å². The van der Waals surface area contributed by atoms with Crippen molar-refractivity contribution in [1.82, 2.24) is 15.0 Å². The molecule has 0 saturated carbocycles. The highest BCUT2D eigenvalue weighted by molar-refractivity contribution is 5.98. The number of nitrogens with two attached hydrogens (primary N) is 2. The van der Waals surface area contributed by atoms with Gasteiger partial charge in [0.2, 0.25) is 11.9 Å². The number of hydrogen-bond donors (Lipinski definition) is 4. The SMILES string of the molecule is CCC(Nc1ncc(C(N)=O)c(Nc2ccc3ncccc3c2)n1)C(N)=O. The van der Waals surface area contributed by atoms with E-state index in [-0.39, 0.29) is 17.3 Å². The van der Waals surface area contributed by atoms with Gasteiger partial charge in [-0.3, -0.25) is 14.6 Å². The van der Waals surface area contributed by atoms with E-state index in [9.17, 15) is 9.59 Å². The molecule has 3 aromatic rings. The van der Waals surface area contributed by atoms with Crippen LogP contribution < -0.4 is 22.1 Å². The second-order valence-corrected chi connectivity index (χ2v) is 5.86. The van der Waals surface area contributed by atoms with Crippen molar-refractivity contribution in [2.75, 3.05) is 10.6 Å². The molecule has 0 bridgehead atoms. The molecular weight excluding hydrogens is 346 g/mol. The summed E-state index contributed by atoms with van der Waals surface area (Å²) in [6.07, 6.45) is 3.49. The number of aromatic nitrogens is 3. The average molecular weight is 365 g/mol. The minimum Gasteiger partial charge on any atom is -0.368 e. The van der Waals surface area contributed by atoms with Crippen LogP contribution in [0.1, 0.15) is 23.7 Å². The van der Waals surface area contributed by atoms with Gasteiger partial charge in [-0.1, -0.05) is 13.0 Å². The zero-order valence-corrected chi connectivity index (χ0v) is 14.6. The summed E-state index contributed by atoms with van der Waals surface area (Å²) in [7, 11) is 0. The number of anilines is 3. The second-order valence-electron chi connectivity index (χ2n) is 5.86. The average Bonchev–Trinajstić information content (AvgIpc) is 2.65. The van der Waals surface area contributed by atoms with Crippen LogP contribution in [0.2, 0.25) is 0 Å². The lowest BCUT2D eigenvalue weighted by Gasteiger charge is -2.15. The van der Waals surface area contributed by atoms with Gasteiger partial charge in [0.15, 0.2) is 0 Å². The number of fused-ring (bicyclic) bond motifs is 1. The summed E-state index contributed by atoms with van der Waals surface area (Å²) in [5, 5.41) is 6.85. The fourth-order valence-corrected chi connectivity index (χ4v) is 2.55. The van der Waals surface area contributed by atoms with Crippen LogP contribution in [0.3, 0.4) is 0 Å². The number of carbonyl (C=O) groups is 2. The number of carbonyl (C=O) groups excluding carboxylic acids is 2. The van der Waals surface area contributed by atoms with Crippen LogP contribution in [0.25, 0.3) is 10.9 Å². The Labute approximate surface area is 155 Å². The molecule has 0 radical (unpaired) electrons. The molecule has 9 heteroatoms. The topological polar surface area (TPSA) is 149 Å². The van der Waals surface area contributed by atoms with Gasteiger partial charge in [0.25, 0.3) is 5.91 Å². The molecule has 0 aliphatic heterocycles. The number of benzene rings is 1. The molecule has 138 valence electrons. The number of hydrogen-bond acceptors (Lipinski definition) is 7. The van der Waals surface area contributed by atoms with E-state index in [2.05, 4.69) is 25.6 Å². The van der Waals surface area contributed by atoms with Gasteiger partial charge in [-0.25, -0.2) is 4.98 Å². The standard InChI is InChI=1S/C18H19N7O2/c1-2-13(16(20)27)24-18-22-9-12(15(19)26)17(25-18)23-11-5-6-14-10(8-11)4-3-7-21-14/h3-9,13H,2H2,1H3,(H2,19,26)(H2,20,27)(H2,22,23,24,25). The van der Waals surface area contributed by atoms with E-state index in [4.69, 9.17) is 11.5 Å². The molecule has 0 saturated heterocycles. The van der Waals surface area contributed by atoms with E-state index < -0.39 is 17.9 Å². The first-order valence-corrected chi connectivity index (χ1v) is 8.32. The highest BCUT2D eigenvalue weighted by Gasteiger charge is 2.17. The molecule has 0 aliphatic rings. The zero-order valence-electron chi connectivity index (χ0n) is 14.6. The third-order valence-electron chi connectivity index (χ3n) is 3.97. The van der Waals surface area contributed by atoms with Crippen molar-refractivity contribution in [2.45, 2.75) is 19.4 Å². The smallest absolute Gasteiger partial charge is 0.254 e. The summed E-state index contributed by atoms with van der Waals surface area (Å²) >= 11 is 0. The number of pyridine rings is 1. The van der Waals surface area contributed by atoms with Crippen molar-refractivity contribution in [1.29, 1.82) is 0 Å². The van der Waals surface area contributed by atoms with E-state index in [0.29, 0.717) is 12.1 Å². The van der Waals surface area contributed by atoms with Crippen LogP contribution in [-0.2, 0) is 4.79 Å². The molecule has 6 N–H and O–H groups in total. The Morgan fingerprint density at radius 3 is 2.70 bits per heavy atom. The van der Waals surface area contributed by atoms with Gasteiger partial charge in [-0.15, -0.1) is 0 Å². The minimum absolute atomic E-state index is 0.124. The molecule has 9 nitrogen and oxygen atoms in total. The zero-order chi connectivity index (χ0) is 19.4. The normalized spacial score (nSPS) is 11.7. The summed E-state index contributed by atoms with van der Waals surface area (Å²) < 4.78 is 0. The maximum Gasteiger partial charge on any atom is 0.254 e. The van der Waals surface area contributed by atoms with E-state index in [1.165, 1.54) is 6.20 Å². The fraction of sp³-hybridized carbons (Fsp3) is 0.167. The van der Waals surface area contributed by atoms with Gasteiger partial charge in [0, 0.05) is 23.5 Å². The van der Waals surface area contributed by atoms with E-state index in [1.54, 1.807) is 6.20 Å². The predicted octanol–water partition coefficient (Wildman–Crippen LogP) is 1.54. The minimum atomic E-state index is -0.673. The van der Waals surface area contributed by atoms with Crippen molar-refractivity contribution < 1.29 is 9.59 Å². The van der Waals surface area contributed by atoms with Gasteiger partial charge in [0.1, 0.15) is 17.4 Å². The van der Waals surface area contributed by atoms with Gasteiger partial charge in [-0.2, -0.15) is 4.98 Å². The van der Waals surface area contributed by atoms with Crippen LogP contribution in [-0.4, -0.2) is 32.8 Å². The van der Waals surface area contributed by atoms with Gasteiger partial charge in [0.05, 0.1) is 5.52 Å². The number of nitrogens with one attached hydrogen (secondary N) is 2. The van der Waals surface area contributed by atoms with Crippen LogP contribution in [0.5, 0.6) is 0 Å². The lowest BCUT2D eigenvalue weighted by molar-refractivity contribution is -0.118.